The fourth-order valence-corrected chi connectivity index (χ4v) is 2.16. The maximum Gasteiger partial charge on any atom is 0.0384 e. The minimum atomic E-state index is 1.14. The summed E-state index contributed by atoms with van der Waals surface area (Å²) in [6.07, 6.45) is 0. The third kappa shape index (κ3) is 2.03. The summed E-state index contributed by atoms with van der Waals surface area (Å²) in [4.78, 5) is 0. The fourth-order valence-electron chi connectivity index (χ4n) is 1.49. The van der Waals surface area contributed by atoms with E-state index in [0.29, 0.717) is 0 Å². The molecule has 0 aliphatic carbocycles. The van der Waals surface area contributed by atoms with Crippen molar-refractivity contribution in [3.05, 3.63) is 48.5 Å². The highest BCUT2D eigenvalue weighted by molar-refractivity contribution is 6.32. The molecule has 0 N–H and O–H groups in total. The Bertz CT molecular complexity index is 372. The molecule has 0 amide bonds. The van der Waals surface area contributed by atoms with Crippen LogP contribution in [0.25, 0.3) is 11.1 Å². The lowest BCUT2D eigenvalue weighted by Crippen LogP contribution is -2.01. The van der Waals surface area contributed by atoms with E-state index in [4.69, 9.17) is 0 Å². The molecule has 0 radical (unpaired) electrons. The van der Waals surface area contributed by atoms with Gasteiger partial charge in [-0.3, -0.25) is 0 Å². The molecule has 0 saturated heterocycles. The first-order valence-electron chi connectivity index (χ1n) is 4.89. The second kappa shape index (κ2) is 3.94. The van der Waals surface area contributed by atoms with E-state index in [1.165, 1.54) is 21.5 Å². The van der Waals surface area contributed by atoms with Gasteiger partial charge in [0.2, 0.25) is 0 Å². The summed E-state index contributed by atoms with van der Waals surface area (Å²) in [5.41, 5.74) is 2.65. The van der Waals surface area contributed by atoms with Crippen LogP contribution in [0.4, 0.5) is 0 Å². The van der Waals surface area contributed by atoms with Gasteiger partial charge >= 0.3 is 0 Å². The topological polar surface area (TPSA) is 0 Å². The van der Waals surface area contributed by atoms with Crippen LogP contribution in [0.3, 0.4) is 0 Å². The number of rotatable bonds is 1. The van der Waals surface area contributed by atoms with Crippen LogP contribution in [0.1, 0.15) is 0 Å². The van der Waals surface area contributed by atoms with Gasteiger partial charge in [0.05, 0.1) is 0 Å². The Labute approximate surface area is 90.8 Å². The lowest BCUT2D eigenvalue weighted by molar-refractivity contribution is 1.66. The Balaban J connectivity index is 2.40. The molecule has 0 aromatic heterocycles. The third-order valence-corrected chi connectivity index (χ3v) is 3.77. The van der Waals surface area contributed by atoms with E-state index in [1.54, 1.807) is 0 Å². The molecule has 14 heavy (non-hydrogen) atoms. The van der Waals surface area contributed by atoms with Crippen molar-refractivity contribution in [1.82, 2.24) is 0 Å². The molecule has 2 rings (SSSR count). The summed E-state index contributed by atoms with van der Waals surface area (Å²) >= 11 is 0. The summed E-state index contributed by atoms with van der Waals surface area (Å²) < 4.78 is 0. The molecule has 0 spiro atoms. The molecule has 0 heterocycles. The molecule has 0 atom stereocenters. The first-order chi connectivity index (χ1) is 6.75. The highest BCUT2D eigenvalue weighted by Crippen LogP contribution is 2.16. The summed E-state index contributed by atoms with van der Waals surface area (Å²) in [6.45, 7) is 0. The van der Waals surface area contributed by atoms with Crippen LogP contribution >= 0.6 is 0 Å². The van der Waals surface area contributed by atoms with Crippen LogP contribution < -0.4 is 10.4 Å². The van der Waals surface area contributed by atoms with Gasteiger partial charge in [0.15, 0.2) is 0 Å². The minimum Gasteiger partial charge on any atom is -0.0707 e. The average Bonchev–Trinajstić information content (AvgIpc) is 2.21. The van der Waals surface area contributed by atoms with Crippen LogP contribution in [-0.4, -0.2) is 20.5 Å². The quantitative estimate of drug-likeness (QED) is 0.553. The zero-order valence-corrected chi connectivity index (χ0v) is 12.6. The Morgan fingerprint density at radius 1 is 0.500 bits per heavy atom. The maximum atomic E-state index is 2.22. The Morgan fingerprint density at radius 3 is 1.07 bits per heavy atom. The van der Waals surface area contributed by atoms with Crippen molar-refractivity contribution in [2.45, 2.75) is 0 Å². The van der Waals surface area contributed by atoms with Crippen LogP contribution in [0.2, 0.25) is 0 Å². The Morgan fingerprint density at radius 2 is 0.786 bits per heavy atom. The van der Waals surface area contributed by atoms with E-state index >= 15 is 0 Å². The highest BCUT2D eigenvalue weighted by Gasteiger charge is 1.95. The predicted octanol–water partition coefficient (Wildman–Crippen LogP) is -0.665. The van der Waals surface area contributed by atoms with Gasteiger partial charge in [0, 0.05) is 20.5 Å². The summed E-state index contributed by atoms with van der Waals surface area (Å²) in [5, 5.41) is 2.90. The van der Waals surface area contributed by atoms with Crippen molar-refractivity contribution < 1.29 is 0 Å². The van der Waals surface area contributed by atoms with Gasteiger partial charge in [-0.25, -0.2) is 0 Å². The van der Waals surface area contributed by atoms with Gasteiger partial charge in [-0.05, 0) is 11.1 Å². The summed E-state index contributed by atoms with van der Waals surface area (Å²) in [5.74, 6) is 0. The first kappa shape index (κ1) is 9.43. The van der Waals surface area contributed by atoms with Crippen molar-refractivity contribution in [3.63, 3.8) is 0 Å². The molecular weight excluding hydrogens is 200 g/mol. The molecule has 0 nitrogen and oxygen atoms in total. The molecular formula is C12H14Si2. The van der Waals surface area contributed by atoms with Crippen molar-refractivity contribution in [1.29, 1.82) is 0 Å². The smallest absolute Gasteiger partial charge is 0.0384 e. The first-order valence-corrected chi connectivity index (χ1v) is 6.89. The van der Waals surface area contributed by atoms with Gasteiger partial charge in [-0.1, -0.05) is 58.9 Å². The summed E-state index contributed by atoms with van der Waals surface area (Å²) in [7, 11) is 2.28. The second-order valence-electron chi connectivity index (χ2n) is 3.73. The third-order valence-electron chi connectivity index (χ3n) is 2.44. The Kier molecular flexibility index (Phi) is 2.65. The van der Waals surface area contributed by atoms with Crippen molar-refractivity contribution >= 4 is 30.9 Å². The van der Waals surface area contributed by atoms with Gasteiger partial charge < -0.3 is 0 Å². The standard InChI is InChI=1S/C12H14Si2/c13-11-5-1-9(2-6-11)10-3-7-12(14)8-4-10/h1-8H,13-14H3. The average molecular weight is 214 g/mol. The molecule has 0 fully saturated rings. The zero-order valence-electron chi connectivity index (χ0n) is 8.62. The molecule has 0 saturated carbocycles. The van der Waals surface area contributed by atoms with Crippen LogP contribution in [0, 0.1) is 0 Å². The van der Waals surface area contributed by atoms with Crippen LogP contribution in [0.15, 0.2) is 48.5 Å². The molecule has 2 aromatic carbocycles. The van der Waals surface area contributed by atoms with E-state index in [2.05, 4.69) is 48.5 Å². The predicted molar refractivity (Wildman–Crippen MR) is 71.0 cm³/mol. The molecule has 0 aliphatic rings. The van der Waals surface area contributed by atoms with Crippen molar-refractivity contribution in [3.8, 4) is 11.1 Å². The van der Waals surface area contributed by atoms with E-state index in [9.17, 15) is 0 Å². The molecule has 2 aromatic rings. The second-order valence-corrected chi connectivity index (χ2v) is 6.04. The lowest BCUT2D eigenvalue weighted by Gasteiger charge is -2.02. The highest BCUT2D eigenvalue weighted by atomic mass is 28.1. The molecule has 0 unspecified atom stereocenters. The monoisotopic (exact) mass is 214 g/mol. The van der Waals surface area contributed by atoms with Gasteiger partial charge in [-0.15, -0.1) is 0 Å². The molecule has 70 valence electrons. The number of hydrogen-bond acceptors (Lipinski definition) is 0. The van der Waals surface area contributed by atoms with Gasteiger partial charge in [-0.2, -0.15) is 0 Å². The van der Waals surface area contributed by atoms with Crippen molar-refractivity contribution in [2.75, 3.05) is 0 Å². The fraction of sp³-hybridized carbons (Fsp3) is 0. The van der Waals surface area contributed by atoms with Gasteiger partial charge in [0.25, 0.3) is 0 Å². The van der Waals surface area contributed by atoms with E-state index < -0.39 is 0 Å². The number of benzene rings is 2. The molecule has 0 bridgehead atoms. The van der Waals surface area contributed by atoms with E-state index in [0.717, 1.165) is 20.5 Å². The van der Waals surface area contributed by atoms with Gasteiger partial charge in [0.1, 0.15) is 0 Å². The summed E-state index contributed by atoms with van der Waals surface area (Å²) in [6, 6.07) is 17.7. The largest absolute Gasteiger partial charge is 0.0707 e. The van der Waals surface area contributed by atoms with E-state index in [1.807, 2.05) is 0 Å². The van der Waals surface area contributed by atoms with Crippen LogP contribution in [-0.2, 0) is 0 Å². The van der Waals surface area contributed by atoms with Crippen molar-refractivity contribution in [2.24, 2.45) is 0 Å². The lowest BCUT2D eigenvalue weighted by atomic mass is 10.1. The SMILES string of the molecule is [SiH3]c1ccc(-c2ccc([SiH3])cc2)cc1. The molecule has 2 heteroatoms. The Hall–Kier alpha value is -1.13. The molecule has 0 aliphatic heterocycles. The van der Waals surface area contributed by atoms with Crippen LogP contribution in [0.5, 0.6) is 0 Å². The van der Waals surface area contributed by atoms with E-state index in [-0.39, 0.29) is 0 Å². The zero-order chi connectivity index (χ0) is 9.97. The number of hydrogen-bond donors (Lipinski definition) is 0. The maximum absolute atomic E-state index is 2.22. The normalized spacial score (nSPS) is 10.6. The minimum absolute atomic E-state index is 1.14.